The van der Waals surface area contributed by atoms with E-state index in [-0.39, 0.29) is 9.79 Å². The van der Waals surface area contributed by atoms with Gasteiger partial charge in [0.1, 0.15) is 0 Å². The van der Waals surface area contributed by atoms with Crippen molar-refractivity contribution in [2.75, 3.05) is 37.3 Å². The second kappa shape index (κ2) is 7.82. The van der Waals surface area contributed by atoms with Gasteiger partial charge >= 0.3 is 0 Å². The lowest BCUT2D eigenvalue weighted by atomic mass is 10.1. The van der Waals surface area contributed by atoms with Gasteiger partial charge in [-0.15, -0.1) is 0 Å². The van der Waals surface area contributed by atoms with E-state index in [9.17, 15) is 16.8 Å². The molecule has 1 aliphatic rings. The number of anilines is 1. The van der Waals surface area contributed by atoms with Crippen LogP contribution in [-0.2, 0) is 26.4 Å². The van der Waals surface area contributed by atoms with Crippen LogP contribution in [-0.4, -0.2) is 54.2 Å². The normalized spacial score (nSPS) is 16.3. The van der Waals surface area contributed by atoms with E-state index in [4.69, 9.17) is 5.14 Å². The summed E-state index contributed by atoms with van der Waals surface area (Å²) in [4.78, 5) is 4.10. The highest BCUT2D eigenvalue weighted by Gasteiger charge is 2.24. The first kappa shape index (κ1) is 20.8. The summed E-state index contributed by atoms with van der Waals surface area (Å²) in [6.45, 7) is 5.80. The standard InChI is InChI=1S/C19H25N3O4S2/c1-15-4-3-5-16(12-15)14-21-8-10-22(11-9-21)18-7-6-17(28(20,25)26)13-19(18)27(2,23)24/h3-7,12-13H,8-11,14H2,1-2H3,(H2,20,25,26). The second-order valence-electron chi connectivity index (χ2n) is 7.20. The van der Waals surface area contributed by atoms with E-state index in [1.54, 1.807) is 0 Å². The molecule has 2 aromatic rings. The van der Waals surface area contributed by atoms with Gasteiger partial charge in [-0.25, -0.2) is 22.0 Å². The fourth-order valence-electron chi connectivity index (χ4n) is 3.45. The Kier molecular flexibility index (Phi) is 5.81. The molecule has 2 N–H and O–H groups in total. The van der Waals surface area contributed by atoms with E-state index in [0.717, 1.165) is 32.0 Å². The minimum atomic E-state index is -3.97. The Morgan fingerprint density at radius 3 is 2.21 bits per heavy atom. The number of primary sulfonamides is 1. The molecule has 0 aromatic heterocycles. The van der Waals surface area contributed by atoms with Crippen LogP contribution in [0.3, 0.4) is 0 Å². The smallest absolute Gasteiger partial charge is 0.238 e. The van der Waals surface area contributed by atoms with E-state index in [0.29, 0.717) is 18.8 Å². The fourth-order valence-corrected chi connectivity index (χ4v) is 4.98. The first-order valence-electron chi connectivity index (χ1n) is 8.94. The van der Waals surface area contributed by atoms with Gasteiger partial charge in [-0.2, -0.15) is 0 Å². The third-order valence-corrected chi connectivity index (χ3v) is 6.90. The number of nitrogens with zero attached hydrogens (tertiary/aromatic N) is 2. The van der Waals surface area contributed by atoms with Crippen molar-refractivity contribution in [1.29, 1.82) is 0 Å². The van der Waals surface area contributed by atoms with Gasteiger partial charge in [-0.05, 0) is 30.7 Å². The van der Waals surface area contributed by atoms with Crippen LogP contribution in [0.25, 0.3) is 0 Å². The van der Waals surface area contributed by atoms with Crippen LogP contribution < -0.4 is 10.0 Å². The summed E-state index contributed by atoms with van der Waals surface area (Å²) in [7, 11) is -7.58. The van der Waals surface area contributed by atoms with Crippen molar-refractivity contribution in [3.63, 3.8) is 0 Å². The highest BCUT2D eigenvalue weighted by molar-refractivity contribution is 7.91. The second-order valence-corrected chi connectivity index (χ2v) is 10.7. The van der Waals surface area contributed by atoms with Crippen molar-refractivity contribution in [3.8, 4) is 0 Å². The molecule has 0 aliphatic carbocycles. The molecule has 0 bridgehead atoms. The zero-order valence-corrected chi connectivity index (χ0v) is 17.6. The predicted octanol–water partition coefficient (Wildman–Crippen LogP) is 1.37. The summed E-state index contributed by atoms with van der Waals surface area (Å²) in [5.41, 5.74) is 3.00. The van der Waals surface area contributed by atoms with Crippen LogP contribution in [0.15, 0.2) is 52.3 Å². The molecule has 3 rings (SSSR count). The molecule has 1 saturated heterocycles. The van der Waals surface area contributed by atoms with Crippen LogP contribution in [0.2, 0.25) is 0 Å². The molecule has 28 heavy (non-hydrogen) atoms. The van der Waals surface area contributed by atoms with Gasteiger partial charge in [0, 0.05) is 39.0 Å². The van der Waals surface area contributed by atoms with Gasteiger partial charge in [0.2, 0.25) is 10.0 Å². The number of benzene rings is 2. The molecule has 7 nitrogen and oxygen atoms in total. The van der Waals surface area contributed by atoms with Crippen molar-refractivity contribution in [2.45, 2.75) is 23.3 Å². The number of sulfone groups is 1. The topological polar surface area (TPSA) is 101 Å². The minimum absolute atomic E-state index is 0.00819. The fraction of sp³-hybridized carbons (Fsp3) is 0.368. The number of sulfonamides is 1. The molecule has 9 heteroatoms. The third-order valence-electron chi connectivity index (χ3n) is 4.86. The molecule has 2 aromatic carbocycles. The lowest BCUT2D eigenvalue weighted by Crippen LogP contribution is -2.46. The number of rotatable bonds is 5. The van der Waals surface area contributed by atoms with E-state index < -0.39 is 19.9 Å². The van der Waals surface area contributed by atoms with Crippen molar-refractivity contribution >= 4 is 25.5 Å². The molecular weight excluding hydrogens is 398 g/mol. The van der Waals surface area contributed by atoms with Gasteiger partial charge in [-0.3, -0.25) is 4.90 Å². The van der Waals surface area contributed by atoms with E-state index >= 15 is 0 Å². The van der Waals surface area contributed by atoms with Gasteiger partial charge in [0.15, 0.2) is 9.84 Å². The zero-order chi connectivity index (χ0) is 20.5. The van der Waals surface area contributed by atoms with Crippen molar-refractivity contribution in [1.82, 2.24) is 4.90 Å². The third kappa shape index (κ3) is 4.91. The molecule has 0 atom stereocenters. The molecule has 0 amide bonds. The molecule has 0 spiro atoms. The first-order valence-corrected chi connectivity index (χ1v) is 12.4. The number of piperazine rings is 1. The first-order chi connectivity index (χ1) is 13.0. The number of hydrogen-bond donors (Lipinski definition) is 1. The van der Waals surface area contributed by atoms with Crippen LogP contribution in [0.1, 0.15) is 11.1 Å². The van der Waals surface area contributed by atoms with Crippen molar-refractivity contribution in [2.24, 2.45) is 5.14 Å². The summed E-state index contributed by atoms with van der Waals surface area (Å²) in [5, 5.41) is 5.16. The Bertz CT molecular complexity index is 1070. The molecule has 0 radical (unpaired) electrons. The average molecular weight is 424 g/mol. The van der Waals surface area contributed by atoms with Crippen LogP contribution in [0, 0.1) is 6.92 Å². The Morgan fingerprint density at radius 2 is 1.64 bits per heavy atom. The van der Waals surface area contributed by atoms with E-state index in [1.165, 1.54) is 23.3 Å². The van der Waals surface area contributed by atoms with Gasteiger partial charge in [-0.1, -0.05) is 29.8 Å². The van der Waals surface area contributed by atoms with Gasteiger partial charge in [0.25, 0.3) is 0 Å². The maximum Gasteiger partial charge on any atom is 0.238 e. The lowest BCUT2D eigenvalue weighted by molar-refractivity contribution is 0.249. The van der Waals surface area contributed by atoms with Gasteiger partial charge < -0.3 is 4.90 Å². The van der Waals surface area contributed by atoms with Crippen molar-refractivity contribution in [3.05, 3.63) is 53.6 Å². The summed E-state index contributed by atoms with van der Waals surface area (Å²) in [5.74, 6) is 0. The summed E-state index contributed by atoms with van der Waals surface area (Å²) < 4.78 is 47.7. The Hall–Kier alpha value is -1.94. The Morgan fingerprint density at radius 1 is 0.964 bits per heavy atom. The average Bonchev–Trinajstić information content (AvgIpc) is 2.60. The molecular formula is C19H25N3O4S2. The highest BCUT2D eigenvalue weighted by Crippen LogP contribution is 2.29. The number of aryl methyl sites for hydroxylation is 1. The number of nitrogens with two attached hydrogens (primary N) is 1. The number of hydrogen-bond acceptors (Lipinski definition) is 6. The molecule has 1 aliphatic heterocycles. The molecule has 0 unspecified atom stereocenters. The Labute approximate surface area is 166 Å². The molecule has 0 saturated carbocycles. The maximum absolute atomic E-state index is 12.2. The molecule has 152 valence electrons. The van der Waals surface area contributed by atoms with Crippen LogP contribution in [0.5, 0.6) is 0 Å². The highest BCUT2D eigenvalue weighted by atomic mass is 32.2. The van der Waals surface area contributed by atoms with Crippen molar-refractivity contribution < 1.29 is 16.8 Å². The SMILES string of the molecule is Cc1cccc(CN2CCN(c3ccc(S(N)(=O)=O)cc3S(C)(=O)=O)CC2)c1. The van der Waals surface area contributed by atoms with E-state index in [2.05, 4.69) is 30.0 Å². The van der Waals surface area contributed by atoms with Crippen LogP contribution in [0.4, 0.5) is 5.69 Å². The minimum Gasteiger partial charge on any atom is -0.368 e. The monoisotopic (exact) mass is 423 g/mol. The molecule has 1 heterocycles. The lowest BCUT2D eigenvalue weighted by Gasteiger charge is -2.37. The molecule has 1 fully saturated rings. The zero-order valence-electron chi connectivity index (χ0n) is 16.0. The predicted molar refractivity (Wildman–Crippen MR) is 110 cm³/mol. The summed E-state index contributed by atoms with van der Waals surface area (Å²) >= 11 is 0. The largest absolute Gasteiger partial charge is 0.368 e. The quantitative estimate of drug-likeness (QED) is 0.780. The Balaban J connectivity index is 1.78. The van der Waals surface area contributed by atoms with Gasteiger partial charge in [0.05, 0.1) is 15.5 Å². The van der Waals surface area contributed by atoms with E-state index in [1.807, 2.05) is 11.0 Å². The maximum atomic E-state index is 12.2. The van der Waals surface area contributed by atoms with Crippen LogP contribution >= 0.6 is 0 Å². The summed E-state index contributed by atoms with van der Waals surface area (Å²) in [6.07, 6.45) is 1.08. The summed E-state index contributed by atoms with van der Waals surface area (Å²) in [6, 6.07) is 12.4.